The molecule has 1 N–H and O–H groups in total. The summed E-state index contributed by atoms with van der Waals surface area (Å²) in [6, 6.07) is 6.11. The first kappa shape index (κ1) is 17.8. The molecule has 0 spiro atoms. The van der Waals surface area contributed by atoms with Crippen LogP contribution in [0.4, 0.5) is 15.8 Å². The first-order valence-electron chi connectivity index (χ1n) is 8.24. The average Bonchev–Trinajstić information content (AvgIpc) is 2.43. The SMILES string of the molecule is CCCCCCC(C)Nc1ccc(N(C)C(C)C)c(F)c1. The third kappa shape index (κ3) is 5.94. The van der Waals surface area contributed by atoms with Crippen LogP contribution < -0.4 is 10.2 Å². The van der Waals surface area contributed by atoms with Gasteiger partial charge in [0, 0.05) is 24.8 Å². The molecule has 21 heavy (non-hydrogen) atoms. The maximum Gasteiger partial charge on any atom is 0.148 e. The predicted molar refractivity (Wildman–Crippen MR) is 91.8 cm³/mol. The summed E-state index contributed by atoms with van der Waals surface area (Å²) in [4.78, 5) is 1.95. The Morgan fingerprint density at radius 2 is 1.86 bits per heavy atom. The van der Waals surface area contributed by atoms with Gasteiger partial charge in [-0.2, -0.15) is 0 Å². The van der Waals surface area contributed by atoms with Gasteiger partial charge in [-0.3, -0.25) is 0 Å². The molecule has 0 fully saturated rings. The van der Waals surface area contributed by atoms with Gasteiger partial charge >= 0.3 is 0 Å². The Labute approximate surface area is 129 Å². The van der Waals surface area contributed by atoms with E-state index in [9.17, 15) is 4.39 Å². The van der Waals surface area contributed by atoms with Crippen molar-refractivity contribution in [1.29, 1.82) is 0 Å². The lowest BCUT2D eigenvalue weighted by Gasteiger charge is -2.25. The maximum atomic E-state index is 14.2. The number of hydrogen-bond acceptors (Lipinski definition) is 2. The van der Waals surface area contributed by atoms with E-state index in [1.165, 1.54) is 25.7 Å². The Morgan fingerprint density at radius 3 is 2.43 bits per heavy atom. The normalized spacial score (nSPS) is 12.5. The van der Waals surface area contributed by atoms with Crippen LogP contribution in [0.2, 0.25) is 0 Å². The van der Waals surface area contributed by atoms with Gasteiger partial charge in [0.15, 0.2) is 0 Å². The van der Waals surface area contributed by atoms with Crippen LogP contribution in [0.25, 0.3) is 0 Å². The fourth-order valence-corrected chi connectivity index (χ4v) is 2.39. The Balaban J connectivity index is 2.55. The van der Waals surface area contributed by atoms with Crippen molar-refractivity contribution in [2.24, 2.45) is 0 Å². The standard InChI is InChI=1S/C18H31FN2/c1-6-7-8-9-10-15(4)20-16-11-12-18(17(19)13-16)21(5)14(2)3/h11-15,20H,6-10H2,1-5H3. The molecule has 120 valence electrons. The van der Waals surface area contributed by atoms with Crippen molar-refractivity contribution < 1.29 is 4.39 Å². The van der Waals surface area contributed by atoms with E-state index in [-0.39, 0.29) is 11.9 Å². The molecule has 0 aliphatic carbocycles. The molecule has 0 bridgehead atoms. The van der Waals surface area contributed by atoms with Crippen LogP contribution >= 0.6 is 0 Å². The van der Waals surface area contributed by atoms with E-state index < -0.39 is 0 Å². The van der Waals surface area contributed by atoms with Crippen molar-refractivity contribution in [3.63, 3.8) is 0 Å². The van der Waals surface area contributed by atoms with Gasteiger partial charge in [0.1, 0.15) is 5.82 Å². The number of nitrogens with one attached hydrogen (secondary N) is 1. The highest BCUT2D eigenvalue weighted by Crippen LogP contribution is 2.24. The van der Waals surface area contributed by atoms with Crippen LogP contribution in [0.1, 0.15) is 59.8 Å². The number of hydrogen-bond donors (Lipinski definition) is 1. The fourth-order valence-electron chi connectivity index (χ4n) is 2.39. The molecule has 0 aliphatic heterocycles. The van der Waals surface area contributed by atoms with Crippen LogP contribution in [-0.4, -0.2) is 19.1 Å². The minimum absolute atomic E-state index is 0.158. The molecule has 1 aromatic rings. The topological polar surface area (TPSA) is 15.3 Å². The summed E-state index contributed by atoms with van der Waals surface area (Å²) in [5, 5.41) is 3.40. The highest BCUT2D eigenvalue weighted by molar-refractivity contribution is 5.56. The van der Waals surface area contributed by atoms with Gasteiger partial charge in [-0.25, -0.2) is 4.39 Å². The van der Waals surface area contributed by atoms with Crippen LogP contribution in [0.3, 0.4) is 0 Å². The zero-order valence-corrected chi connectivity index (χ0v) is 14.2. The molecule has 0 aromatic heterocycles. The predicted octanol–water partition coefficient (Wildman–Crippen LogP) is 5.44. The monoisotopic (exact) mass is 294 g/mol. The molecular weight excluding hydrogens is 263 g/mol. The fraction of sp³-hybridized carbons (Fsp3) is 0.667. The van der Waals surface area contributed by atoms with Crippen LogP contribution in [0, 0.1) is 5.82 Å². The first-order chi connectivity index (χ1) is 9.95. The van der Waals surface area contributed by atoms with Crippen LogP contribution in [0.15, 0.2) is 18.2 Å². The van der Waals surface area contributed by atoms with E-state index >= 15 is 0 Å². The maximum absolute atomic E-state index is 14.2. The minimum atomic E-state index is -0.158. The third-order valence-electron chi connectivity index (χ3n) is 4.01. The number of anilines is 2. The average molecular weight is 294 g/mol. The summed E-state index contributed by atoms with van der Waals surface area (Å²) < 4.78 is 14.2. The molecule has 3 heteroatoms. The highest BCUT2D eigenvalue weighted by Gasteiger charge is 2.11. The van der Waals surface area contributed by atoms with Crippen molar-refractivity contribution in [3.05, 3.63) is 24.0 Å². The Kier molecular flexibility index (Phi) is 7.55. The second kappa shape index (κ2) is 8.91. The summed E-state index contributed by atoms with van der Waals surface area (Å²) in [5.41, 5.74) is 1.53. The number of rotatable bonds is 9. The molecule has 0 radical (unpaired) electrons. The van der Waals surface area contributed by atoms with Gasteiger partial charge in [-0.1, -0.05) is 32.6 Å². The van der Waals surface area contributed by atoms with Gasteiger partial charge in [-0.15, -0.1) is 0 Å². The smallest absolute Gasteiger partial charge is 0.148 e. The van der Waals surface area contributed by atoms with Crippen molar-refractivity contribution in [2.75, 3.05) is 17.3 Å². The number of halogens is 1. The second-order valence-electron chi connectivity index (χ2n) is 6.27. The molecule has 1 unspecified atom stereocenters. The number of benzene rings is 1. The quantitative estimate of drug-likeness (QED) is 0.610. The molecule has 0 aliphatic rings. The van der Waals surface area contributed by atoms with Crippen molar-refractivity contribution >= 4 is 11.4 Å². The second-order valence-corrected chi connectivity index (χ2v) is 6.27. The van der Waals surface area contributed by atoms with Gasteiger partial charge in [0.2, 0.25) is 0 Å². The zero-order valence-electron chi connectivity index (χ0n) is 14.2. The highest BCUT2D eigenvalue weighted by atomic mass is 19.1. The molecule has 0 saturated carbocycles. The Hall–Kier alpha value is -1.25. The lowest BCUT2D eigenvalue weighted by atomic mass is 10.1. The molecule has 0 amide bonds. The number of nitrogens with zero attached hydrogens (tertiary/aromatic N) is 1. The molecular formula is C18H31FN2. The summed E-state index contributed by atoms with van der Waals surface area (Å²) in [7, 11) is 1.92. The Morgan fingerprint density at radius 1 is 1.14 bits per heavy atom. The molecule has 0 heterocycles. The van der Waals surface area contributed by atoms with Gasteiger partial charge in [0.05, 0.1) is 5.69 Å². The zero-order chi connectivity index (χ0) is 15.8. The minimum Gasteiger partial charge on any atom is -0.383 e. The van der Waals surface area contributed by atoms with E-state index in [0.717, 1.165) is 12.1 Å². The molecule has 1 aromatic carbocycles. The molecule has 0 saturated heterocycles. The van der Waals surface area contributed by atoms with E-state index in [2.05, 4.69) is 33.0 Å². The first-order valence-corrected chi connectivity index (χ1v) is 8.24. The van der Waals surface area contributed by atoms with E-state index in [0.29, 0.717) is 11.7 Å². The van der Waals surface area contributed by atoms with Gasteiger partial charge in [-0.05, 0) is 45.4 Å². The third-order valence-corrected chi connectivity index (χ3v) is 4.01. The van der Waals surface area contributed by atoms with Crippen molar-refractivity contribution in [2.45, 2.75) is 71.9 Å². The largest absolute Gasteiger partial charge is 0.383 e. The molecule has 2 nitrogen and oxygen atoms in total. The van der Waals surface area contributed by atoms with Crippen LogP contribution in [-0.2, 0) is 0 Å². The molecule has 1 atom stereocenters. The van der Waals surface area contributed by atoms with Gasteiger partial charge < -0.3 is 10.2 Å². The van der Waals surface area contributed by atoms with Crippen molar-refractivity contribution in [3.8, 4) is 0 Å². The van der Waals surface area contributed by atoms with Crippen molar-refractivity contribution in [1.82, 2.24) is 0 Å². The summed E-state index contributed by atoms with van der Waals surface area (Å²) in [6.45, 7) is 8.51. The summed E-state index contributed by atoms with van der Waals surface area (Å²) in [6.07, 6.45) is 6.22. The summed E-state index contributed by atoms with van der Waals surface area (Å²) >= 11 is 0. The molecule has 1 rings (SSSR count). The van der Waals surface area contributed by atoms with Crippen LogP contribution in [0.5, 0.6) is 0 Å². The van der Waals surface area contributed by atoms with E-state index in [4.69, 9.17) is 0 Å². The lowest BCUT2D eigenvalue weighted by molar-refractivity contribution is 0.592. The van der Waals surface area contributed by atoms with E-state index in [1.54, 1.807) is 6.07 Å². The lowest BCUT2D eigenvalue weighted by Crippen LogP contribution is -2.26. The summed E-state index contributed by atoms with van der Waals surface area (Å²) in [5.74, 6) is -0.158. The Bertz CT molecular complexity index is 418. The number of unbranched alkanes of at least 4 members (excludes halogenated alkanes) is 3. The van der Waals surface area contributed by atoms with E-state index in [1.807, 2.05) is 24.1 Å². The van der Waals surface area contributed by atoms with Gasteiger partial charge in [0.25, 0.3) is 0 Å².